The lowest BCUT2D eigenvalue weighted by molar-refractivity contribution is 0.178. The van der Waals surface area contributed by atoms with Gasteiger partial charge in [-0.2, -0.15) is 0 Å². The van der Waals surface area contributed by atoms with E-state index in [0.29, 0.717) is 12.0 Å². The number of fused-ring (bicyclic) bond motifs is 2. The summed E-state index contributed by atoms with van der Waals surface area (Å²) in [6, 6.07) is 1.25. The van der Waals surface area contributed by atoms with Gasteiger partial charge in [-0.15, -0.1) is 0 Å². The molecule has 2 bridgehead atoms. The van der Waals surface area contributed by atoms with Crippen molar-refractivity contribution >= 4 is 0 Å². The zero-order valence-corrected chi connectivity index (χ0v) is 8.87. The first-order valence-corrected chi connectivity index (χ1v) is 5.66. The number of hydrogen-bond donors (Lipinski definition) is 1. The molecule has 1 saturated carbocycles. The van der Waals surface area contributed by atoms with Gasteiger partial charge in [0.15, 0.2) is 0 Å². The molecule has 0 spiro atoms. The van der Waals surface area contributed by atoms with Crippen LogP contribution < -0.4 is 5.73 Å². The predicted molar refractivity (Wildman–Crippen MR) is 55.5 cm³/mol. The molecular weight excluding hydrogens is 160 g/mol. The Morgan fingerprint density at radius 2 is 2.15 bits per heavy atom. The number of piperidine rings is 1. The molecule has 2 heteroatoms. The Labute approximate surface area is 81.5 Å². The fraction of sp³-hybridized carbons (Fsp3) is 1.00. The Morgan fingerprint density at radius 1 is 1.38 bits per heavy atom. The van der Waals surface area contributed by atoms with Crippen LogP contribution in [0.1, 0.15) is 33.1 Å². The summed E-state index contributed by atoms with van der Waals surface area (Å²) in [5.41, 5.74) is 5.89. The summed E-state index contributed by atoms with van der Waals surface area (Å²) in [7, 11) is 0. The lowest BCUT2D eigenvalue weighted by atomic mass is 10.0. The summed E-state index contributed by atoms with van der Waals surface area (Å²) in [6.45, 7) is 6.97. The molecule has 4 unspecified atom stereocenters. The highest BCUT2D eigenvalue weighted by Gasteiger charge is 2.37. The third kappa shape index (κ3) is 1.89. The topological polar surface area (TPSA) is 29.3 Å². The van der Waals surface area contributed by atoms with Crippen molar-refractivity contribution < 1.29 is 0 Å². The normalized spacial score (nSPS) is 38.1. The Bertz CT molecular complexity index is 179. The smallest absolute Gasteiger partial charge is 0.00987 e. The molecule has 0 aromatic heterocycles. The first-order valence-electron chi connectivity index (χ1n) is 5.66. The second-order valence-electron chi connectivity index (χ2n) is 5.12. The Balaban J connectivity index is 1.83. The van der Waals surface area contributed by atoms with Gasteiger partial charge in [-0.25, -0.2) is 0 Å². The lowest BCUT2D eigenvalue weighted by Gasteiger charge is -2.30. The van der Waals surface area contributed by atoms with Crippen molar-refractivity contribution in [3.05, 3.63) is 0 Å². The van der Waals surface area contributed by atoms with Crippen LogP contribution in [0.4, 0.5) is 0 Å². The van der Waals surface area contributed by atoms with E-state index in [1.165, 1.54) is 32.4 Å². The molecule has 0 amide bonds. The van der Waals surface area contributed by atoms with Gasteiger partial charge in [-0.3, -0.25) is 4.90 Å². The molecule has 13 heavy (non-hydrogen) atoms. The fourth-order valence-electron chi connectivity index (χ4n) is 2.79. The van der Waals surface area contributed by atoms with Crippen molar-refractivity contribution in [2.75, 3.05) is 13.1 Å². The van der Waals surface area contributed by atoms with Crippen LogP contribution in [-0.4, -0.2) is 30.1 Å². The van der Waals surface area contributed by atoms with Gasteiger partial charge in [0.2, 0.25) is 0 Å². The Hall–Kier alpha value is -0.0800. The van der Waals surface area contributed by atoms with Gasteiger partial charge in [0, 0.05) is 25.2 Å². The van der Waals surface area contributed by atoms with Crippen molar-refractivity contribution in [1.29, 1.82) is 0 Å². The van der Waals surface area contributed by atoms with E-state index in [1.54, 1.807) is 0 Å². The minimum Gasteiger partial charge on any atom is -0.328 e. The number of rotatable bonds is 3. The molecule has 1 saturated heterocycles. The Morgan fingerprint density at radius 3 is 2.62 bits per heavy atom. The first-order chi connectivity index (χ1) is 6.16. The van der Waals surface area contributed by atoms with Gasteiger partial charge in [0.05, 0.1) is 0 Å². The molecule has 0 radical (unpaired) electrons. The van der Waals surface area contributed by atoms with Crippen LogP contribution in [0, 0.1) is 11.8 Å². The van der Waals surface area contributed by atoms with E-state index in [4.69, 9.17) is 5.73 Å². The van der Waals surface area contributed by atoms with Gasteiger partial charge >= 0.3 is 0 Å². The van der Waals surface area contributed by atoms with Crippen molar-refractivity contribution in [3.63, 3.8) is 0 Å². The zero-order chi connectivity index (χ0) is 9.42. The van der Waals surface area contributed by atoms with E-state index in [-0.39, 0.29) is 0 Å². The molecule has 76 valence electrons. The van der Waals surface area contributed by atoms with E-state index in [0.717, 1.165) is 12.0 Å². The average Bonchev–Trinajstić information content (AvgIpc) is 2.64. The van der Waals surface area contributed by atoms with Crippen LogP contribution in [0.5, 0.6) is 0 Å². The standard InChI is InChI=1S/C11H22N2/c1-8(9(2)12)6-13-7-10-3-4-11(13)5-10/h8-11H,3-7,12H2,1-2H3. The van der Waals surface area contributed by atoms with Gasteiger partial charge in [-0.1, -0.05) is 6.92 Å². The van der Waals surface area contributed by atoms with Crippen molar-refractivity contribution in [3.8, 4) is 0 Å². The maximum Gasteiger partial charge on any atom is 0.00987 e. The highest BCUT2D eigenvalue weighted by molar-refractivity contribution is 4.92. The molecule has 2 aliphatic rings. The molecular formula is C11H22N2. The third-order valence-electron chi connectivity index (χ3n) is 3.94. The predicted octanol–water partition coefficient (Wildman–Crippen LogP) is 1.45. The van der Waals surface area contributed by atoms with Gasteiger partial charge in [0.25, 0.3) is 0 Å². The van der Waals surface area contributed by atoms with Crippen LogP contribution in [0.15, 0.2) is 0 Å². The van der Waals surface area contributed by atoms with Gasteiger partial charge in [0.1, 0.15) is 0 Å². The van der Waals surface area contributed by atoms with E-state index in [1.807, 2.05) is 0 Å². The molecule has 1 aliphatic carbocycles. The Kier molecular flexibility index (Phi) is 2.61. The van der Waals surface area contributed by atoms with Crippen LogP contribution >= 0.6 is 0 Å². The van der Waals surface area contributed by atoms with Crippen LogP contribution in [0.3, 0.4) is 0 Å². The number of likely N-dealkylation sites (tertiary alicyclic amines) is 1. The number of hydrogen-bond acceptors (Lipinski definition) is 2. The molecule has 2 rings (SSSR count). The summed E-state index contributed by atoms with van der Waals surface area (Å²) in [5.74, 6) is 1.67. The average molecular weight is 182 g/mol. The first kappa shape index (κ1) is 9.47. The van der Waals surface area contributed by atoms with E-state index in [2.05, 4.69) is 18.7 Å². The molecule has 0 aromatic carbocycles. The quantitative estimate of drug-likeness (QED) is 0.716. The van der Waals surface area contributed by atoms with E-state index in [9.17, 15) is 0 Å². The second kappa shape index (κ2) is 3.58. The molecule has 2 fully saturated rings. The number of nitrogens with two attached hydrogens (primary N) is 1. The molecule has 0 aromatic rings. The second-order valence-corrected chi connectivity index (χ2v) is 5.12. The minimum atomic E-state index is 0.346. The van der Waals surface area contributed by atoms with E-state index < -0.39 is 0 Å². The zero-order valence-electron chi connectivity index (χ0n) is 8.87. The van der Waals surface area contributed by atoms with Crippen molar-refractivity contribution in [2.24, 2.45) is 17.6 Å². The lowest BCUT2D eigenvalue weighted by Crippen LogP contribution is -2.40. The van der Waals surface area contributed by atoms with Crippen molar-refractivity contribution in [1.82, 2.24) is 4.90 Å². The number of nitrogens with zero attached hydrogens (tertiary/aromatic N) is 1. The van der Waals surface area contributed by atoms with Crippen LogP contribution in [0.25, 0.3) is 0 Å². The largest absolute Gasteiger partial charge is 0.328 e. The van der Waals surface area contributed by atoms with Crippen LogP contribution in [-0.2, 0) is 0 Å². The maximum atomic E-state index is 5.89. The molecule has 1 aliphatic heterocycles. The molecule has 2 N–H and O–H groups in total. The van der Waals surface area contributed by atoms with Crippen molar-refractivity contribution in [2.45, 2.75) is 45.2 Å². The van der Waals surface area contributed by atoms with E-state index >= 15 is 0 Å². The summed E-state index contributed by atoms with van der Waals surface area (Å²) in [6.07, 6.45) is 4.38. The van der Waals surface area contributed by atoms with Gasteiger partial charge in [-0.05, 0) is 38.0 Å². The minimum absolute atomic E-state index is 0.346. The third-order valence-corrected chi connectivity index (χ3v) is 3.94. The highest BCUT2D eigenvalue weighted by atomic mass is 15.2. The summed E-state index contributed by atoms with van der Waals surface area (Å²) in [5, 5.41) is 0. The summed E-state index contributed by atoms with van der Waals surface area (Å²) >= 11 is 0. The molecule has 1 heterocycles. The SMILES string of the molecule is CC(N)C(C)CN1CC2CCC1C2. The highest BCUT2D eigenvalue weighted by Crippen LogP contribution is 2.37. The molecule has 4 atom stereocenters. The molecule has 2 nitrogen and oxygen atoms in total. The fourth-order valence-corrected chi connectivity index (χ4v) is 2.79. The summed E-state index contributed by atoms with van der Waals surface area (Å²) in [4.78, 5) is 2.67. The monoisotopic (exact) mass is 182 g/mol. The van der Waals surface area contributed by atoms with Gasteiger partial charge < -0.3 is 5.73 Å². The van der Waals surface area contributed by atoms with Crippen LogP contribution in [0.2, 0.25) is 0 Å². The maximum absolute atomic E-state index is 5.89. The summed E-state index contributed by atoms with van der Waals surface area (Å²) < 4.78 is 0.